The molecule has 2 atom stereocenters. The number of piperidine rings is 1. The number of aryl methyl sites for hydroxylation is 1. The number of carbonyl (C=O) groups is 1. The molecule has 1 aromatic rings. The van der Waals surface area contributed by atoms with Crippen molar-refractivity contribution in [2.24, 2.45) is 7.05 Å². The Balaban J connectivity index is 1.79. The van der Waals surface area contributed by atoms with E-state index in [1.54, 1.807) is 12.3 Å². The standard InChI is InChI=1S/C15H24N4O/c1-11-8-18-6-4-3-5-13(18)10-19(11)15(20)14-7-12(16)9-17(14)2/h7,9,11,13H,3-6,8,10,16H2,1-2H3. The van der Waals surface area contributed by atoms with Gasteiger partial charge in [-0.1, -0.05) is 6.42 Å². The van der Waals surface area contributed by atoms with E-state index < -0.39 is 0 Å². The third-order valence-corrected chi connectivity index (χ3v) is 4.69. The number of nitrogens with zero attached hydrogens (tertiary/aromatic N) is 3. The summed E-state index contributed by atoms with van der Waals surface area (Å²) in [5.74, 6) is 0.113. The van der Waals surface area contributed by atoms with Crippen molar-refractivity contribution >= 4 is 11.6 Å². The van der Waals surface area contributed by atoms with Crippen LogP contribution in [0, 0.1) is 0 Å². The van der Waals surface area contributed by atoms with Crippen LogP contribution in [0.2, 0.25) is 0 Å². The number of amides is 1. The predicted molar refractivity (Wildman–Crippen MR) is 79.5 cm³/mol. The number of hydrogen-bond acceptors (Lipinski definition) is 3. The summed E-state index contributed by atoms with van der Waals surface area (Å²) in [6, 6.07) is 2.59. The minimum atomic E-state index is 0.113. The van der Waals surface area contributed by atoms with Crippen LogP contribution in [0.4, 0.5) is 5.69 Å². The normalized spacial score (nSPS) is 27.4. The van der Waals surface area contributed by atoms with Crippen LogP contribution >= 0.6 is 0 Å². The Labute approximate surface area is 120 Å². The van der Waals surface area contributed by atoms with Gasteiger partial charge in [0.1, 0.15) is 5.69 Å². The van der Waals surface area contributed by atoms with E-state index in [0.29, 0.717) is 17.4 Å². The van der Waals surface area contributed by atoms with Crippen molar-refractivity contribution in [3.8, 4) is 0 Å². The van der Waals surface area contributed by atoms with Crippen molar-refractivity contribution < 1.29 is 4.79 Å². The fraction of sp³-hybridized carbons (Fsp3) is 0.667. The second-order valence-electron chi connectivity index (χ2n) is 6.22. The zero-order valence-electron chi connectivity index (χ0n) is 12.4. The summed E-state index contributed by atoms with van der Waals surface area (Å²) in [6.45, 7) is 5.19. The summed E-state index contributed by atoms with van der Waals surface area (Å²) in [5.41, 5.74) is 7.13. The van der Waals surface area contributed by atoms with Crippen LogP contribution in [0.5, 0.6) is 0 Å². The van der Waals surface area contributed by atoms with Gasteiger partial charge in [-0.15, -0.1) is 0 Å². The van der Waals surface area contributed by atoms with E-state index in [1.165, 1.54) is 25.8 Å². The molecule has 1 amide bonds. The molecule has 110 valence electrons. The Morgan fingerprint density at radius 3 is 2.85 bits per heavy atom. The molecule has 0 radical (unpaired) electrons. The Bertz CT molecular complexity index is 510. The first kappa shape index (κ1) is 13.5. The average Bonchev–Trinajstić information content (AvgIpc) is 2.76. The maximum Gasteiger partial charge on any atom is 0.270 e. The van der Waals surface area contributed by atoms with Gasteiger partial charge >= 0.3 is 0 Å². The van der Waals surface area contributed by atoms with Crippen molar-refractivity contribution in [3.63, 3.8) is 0 Å². The van der Waals surface area contributed by atoms with E-state index in [1.807, 2.05) is 16.5 Å². The topological polar surface area (TPSA) is 54.5 Å². The number of hydrogen-bond donors (Lipinski definition) is 1. The highest BCUT2D eigenvalue weighted by atomic mass is 16.2. The van der Waals surface area contributed by atoms with Crippen molar-refractivity contribution in [3.05, 3.63) is 18.0 Å². The van der Waals surface area contributed by atoms with Crippen molar-refractivity contribution in [2.75, 3.05) is 25.4 Å². The van der Waals surface area contributed by atoms with Gasteiger partial charge in [0.25, 0.3) is 5.91 Å². The highest BCUT2D eigenvalue weighted by molar-refractivity contribution is 5.94. The molecular weight excluding hydrogens is 252 g/mol. The Morgan fingerprint density at radius 1 is 1.35 bits per heavy atom. The molecule has 0 spiro atoms. The summed E-state index contributed by atoms with van der Waals surface area (Å²) >= 11 is 0. The zero-order valence-corrected chi connectivity index (χ0v) is 12.4. The fourth-order valence-electron chi connectivity index (χ4n) is 3.58. The molecule has 5 nitrogen and oxygen atoms in total. The minimum absolute atomic E-state index is 0.113. The van der Waals surface area contributed by atoms with Gasteiger partial charge < -0.3 is 15.2 Å². The lowest BCUT2D eigenvalue weighted by Crippen LogP contribution is -2.60. The molecule has 5 heteroatoms. The van der Waals surface area contributed by atoms with Gasteiger partial charge in [-0.05, 0) is 32.4 Å². The van der Waals surface area contributed by atoms with E-state index >= 15 is 0 Å². The van der Waals surface area contributed by atoms with Crippen molar-refractivity contribution in [1.29, 1.82) is 0 Å². The second kappa shape index (κ2) is 5.13. The van der Waals surface area contributed by atoms with Crippen LogP contribution in [0.15, 0.2) is 12.3 Å². The Kier molecular flexibility index (Phi) is 3.46. The van der Waals surface area contributed by atoms with Crippen LogP contribution in [0.1, 0.15) is 36.7 Å². The van der Waals surface area contributed by atoms with Crippen LogP contribution in [-0.4, -0.2) is 52.0 Å². The first-order valence-electron chi connectivity index (χ1n) is 7.53. The van der Waals surface area contributed by atoms with Gasteiger partial charge in [-0.3, -0.25) is 9.69 Å². The molecule has 3 heterocycles. The van der Waals surface area contributed by atoms with E-state index in [4.69, 9.17) is 5.73 Å². The Morgan fingerprint density at radius 2 is 2.15 bits per heavy atom. The third kappa shape index (κ3) is 2.30. The van der Waals surface area contributed by atoms with E-state index in [-0.39, 0.29) is 11.9 Å². The maximum atomic E-state index is 12.7. The van der Waals surface area contributed by atoms with Crippen molar-refractivity contribution in [1.82, 2.24) is 14.4 Å². The molecule has 20 heavy (non-hydrogen) atoms. The van der Waals surface area contributed by atoms with E-state index in [0.717, 1.165) is 13.1 Å². The number of anilines is 1. The molecule has 0 aliphatic carbocycles. The second-order valence-corrected chi connectivity index (χ2v) is 6.22. The summed E-state index contributed by atoms with van der Waals surface area (Å²) in [4.78, 5) is 17.3. The molecule has 3 rings (SSSR count). The lowest BCUT2D eigenvalue weighted by molar-refractivity contribution is 0.0146. The van der Waals surface area contributed by atoms with Gasteiger partial charge in [0.2, 0.25) is 0 Å². The van der Waals surface area contributed by atoms with Gasteiger partial charge in [0.05, 0.1) is 5.69 Å². The lowest BCUT2D eigenvalue weighted by Gasteiger charge is -2.47. The smallest absolute Gasteiger partial charge is 0.270 e. The summed E-state index contributed by atoms with van der Waals surface area (Å²) in [6.07, 6.45) is 5.60. The molecule has 0 aromatic carbocycles. The first-order chi connectivity index (χ1) is 9.56. The third-order valence-electron chi connectivity index (χ3n) is 4.69. The molecule has 2 fully saturated rings. The molecule has 2 aliphatic heterocycles. The van der Waals surface area contributed by atoms with Crippen molar-refractivity contribution in [2.45, 2.75) is 38.3 Å². The van der Waals surface area contributed by atoms with Gasteiger partial charge in [-0.2, -0.15) is 0 Å². The zero-order chi connectivity index (χ0) is 14.3. The van der Waals surface area contributed by atoms with Gasteiger partial charge in [0.15, 0.2) is 0 Å². The average molecular weight is 276 g/mol. The first-order valence-corrected chi connectivity index (χ1v) is 7.53. The summed E-state index contributed by atoms with van der Waals surface area (Å²) in [5, 5.41) is 0. The van der Waals surface area contributed by atoms with Gasteiger partial charge in [0, 0.05) is 38.4 Å². The molecule has 0 bridgehead atoms. The number of rotatable bonds is 1. The number of aromatic nitrogens is 1. The predicted octanol–water partition coefficient (Wildman–Crippen LogP) is 1.31. The van der Waals surface area contributed by atoms with E-state index in [9.17, 15) is 4.79 Å². The van der Waals surface area contributed by atoms with Crippen LogP contribution in [-0.2, 0) is 7.05 Å². The molecule has 2 aliphatic rings. The number of nitrogens with two attached hydrogens (primary N) is 1. The van der Waals surface area contributed by atoms with Crippen LogP contribution < -0.4 is 5.73 Å². The molecule has 2 N–H and O–H groups in total. The monoisotopic (exact) mass is 276 g/mol. The van der Waals surface area contributed by atoms with Gasteiger partial charge in [-0.25, -0.2) is 0 Å². The summed E-state index contributed by atoms with van der Waals surface area (Å²) in [7, 11) is 1.88. The van der Waals surface area contributed by atoms with E-state index in [2.05, 4.69) is 11.8 Å². The number of carbonyl (C=O) groups excluding carboxylic acids is 1. The molecule has 1 aromatic heterocycles. The molecule has 2 saturated heterocycles. The van der Waals surface area contributed by atoms with Crippen LogP contribution in [0.25, 0.3) is 0 Å². The Hall–Kier alpha value is -1.49. The highest BCUT2D eigenvalue weighted by Crippen LogP contribution is 2.25. The lowest BCUT2D eigenvalue weighted by atomic mass is 9.97. The SMILES string of the molecule is CC1CN2CCCCC2CN1C(=O)c1cc(N)cn1C. The summed E-state index contributed by atoms with van der Waals surface area (Å²) < 4.78 is 1.83. The number of piperazine rings is 1. The molecule has 0 saturated carbocycles. The maximum absolute atomic E-state index is 12.7. The largest absolute Gasteiger partial charge is 0.397 e. The number of nitrogen functional groups attached to an aromatic ring is 1. The molecule has 2 unspecified atom stereocenters. The quantitative estimate of drug-likeness (QED) is 0.841. The fourth-order valence-corrected chi connectivity index (χ4v) is 3.58. The van der Waals surface area contributed by atoms with Crippen LogP contribution in [0.3, 0.4) is 0 Å². The molecular formula is C15H24N4O. The minimum Gasteiger partial charge on any atom is -0.397 e. The number of fused-ring (bicyclic) bond motifs is 1. The highest BCUT2D eigenvalue weighted by Gasteiger charge is 2.36.